The first kappa shape index (κ1) is 16.9. The molecule has 0 radical (unpaired) electrons. The lowest BCUT2D eigenvalue weighted by atomic mass is 10.1. The molecular formula is C17H19N5O3S. The van der Waals surface area contributed by atoms with E-state index in [-0.39, 0.29) is 29.5 Å². The number of thiazole rings is 1. The average Bonchev–Trinajstić information content (AvgIpc) is 3.17. The Morgan fingerprint density at radius 1 is 1.31 bits per heavy atom. The number of aromatic amines is 1. The number of rotatable bonds is 2. The van der Waals surface area contributed by atoms with E-state index in [1.165, 1.54) is 17.5 Å². The molecule has 1 N–H and O–H groups in total. The molecule has 2 saturated heterocycles. The van der Waals surface area contributed by atoms with Crippen molar-refractivity contribution in [3.8, 4) is 11.5 Å². The van der Waals surface area contributed by atoms with Crippen molar-refractivity contribution in [3.63, 3.8) is 0 Å². The van der Waals surface area contributed by atoms with E-state index in [9.17, 15) is 14.4 Å². The lowest BCUT2D eigenvalue weighted by Gasteiger charge is -2.27. The number of nitrogens with zero attached hydrogens (tertiary/aromatic N) is 4. The Morgan fingerprint density at radius 3 is 2.77 bits per heavy atom. The quantitative estimate of drug-likeness (QED) is 0.848. The fourth-order valence-electron chi connectivity index (χ4n) is 3.74. The first-order chi connectivity index (χ1) is 12.4. The van der Waals surface area contributed by atoms with E-state index >= 15 is 0 Å². The Morgan fingerprint density at radius 2 is 2.08 bits per heavy atom. The van der Waals surface area contributed by atoms with Crippen molar-refractivity contribution in [3.05, 3.63) is 32.5 Å². The highest BCUT2D eigenvalue weighted by Gasteiger charge is 2.42. The first-order valence-electron chi connectivity index (χ1n) is 8.52. The van der Waals surface area contributed by atoms with Crippen molar-refractivity contribution >= 4 is 23.2 Å². The number of hydrogen-bond donors (Lipinski definition) is 1. The first-order valence-corrected chi connectivity index (χ1v) is 9.40. The minimum atomic E-state index is -0.478. The summed E-state index contributed by atoms with van der Waals surface area (Å²) in [5, 5.41) is 2.68. The van der Waals surface area contributed by atoms with E-state index in [4.69, 9.17) is 0 Å². The van der Waals surface area contributed by atoms with E-state index in [1.54, 1.807) is 16.8 Å². The molecule has 2 aromatic heterocycles. The van der Waals surface area contributed by atoms with Gasteiger partial charge in [0.15, 0.2) is 5.82 Å². The topological polar surface area (TPSA) is 99.3 Å². The van der Waals surface area contributed by atoms with Gasteiger partial charge in [-0.2, -0.15) is 0 Å². The molecule has 2 fully saturated rings. The van der Waals surface area contributed by atoms with Crippen LogP contribution in [0.4, 0.5) is 0 Å². The van der Waals surface area contributed by atoms with E-state index in [0.29, 0.717) is 24.5 Å². The van der Waals surface area contributed by atoms with Gasteiger partial charge < -0.3 is 14.8 Å². The third kappa shape index (κ3) is 2.82. The van der Waals surface area contributed by atoms with Gasteiger partial charge in [-0.15, -0.1) is 11.3 Å². The van der Waals surface area contributed by atoms with Crippen molar-refractivity contribution in [1.82, 2.24) is 24.8 Å². The van der Waals surface area contributed by atoms with Crippen LogP contribution in [0.2, 0.25) is 0 Å². The molecule has 2 amide bonds. The molecule has 26 heavy (non-hydrogen) atoms. The highest BCUT2D eigenvalue weighted by molar-refractivity contribution is 7.09. The van der Waals surface area contributed by atoms with Gasteiger partial charge in [-0.3, -0.25) is 14.4 Å². The van der Waals surface area contributed by atoms with Gasteiger partial charge in [0.05, 0.1) is 5.01 Å². The SMILES string of the molecule is Cc1nc(-c2ncc(C(=O)N3[C@@H]4CC[C@H]3CN(C)C(=O)C4)c(=O)[nH]2)cs1. The zero-order valence-electron chi connectivity index (χ0n) is 14.6. The zero-order valence-corrected chi connectivity index (χ0v) is 15.4. The Kier molecular flexibility index (Phi) is 4.10. The van der Waals surface area contributed by atoms with Crippen LogP contribution in [-0.4, -0.2) is 62.2 Å². The van der Waals surface area contributed by atoms with Gasteiger partial charge in [-0.25, -0.2) is 9.97 Å². The zero-order chi connectivity index (χ0) is 18.4. The molecule has 8 nitrogen and oxygen atoms in total. The maximum absolute atomic E-state index is 13.0. The Bertz CT molecular complexity index is 936. The third-order valence-corrected chi connectivity index (χ3v) is 5.84. The number of likely N-dealkylation sites (tertiary alicyclic amines) is 1. The molecule has 0 unspecified atom stereocenters. The summed E-state index contributed by atoms with van der Waals surface area (Å²) in [4.78, 5) is 52.2. The van der Waals surface area contributed by atoms with Crippen molar-refractivity contribution in [2.45, 2.75) is 38.3 Å². The van der Waals surface area contributed by atoms with Crippen molar-refractivity contribution in [2.75, 3.05) is 13.6 Å². The Balaban J connectivity index is 1.64. The van der Waals surface area contributed by atoms with Crippen LogP contribution in [0.25, 0.3) is 11.5 Å². The number of amides is 2. The standard InChI is InChI=1S/C17H19N5O3S/c1-9-19-13(8-26-9)15-18-6-12(16(24)20-15)17(25)22-10-3-4-11(22)7-21(2)14(23)5-10/h6,8,10-11H,3-5,7H2,1-2H3,(H,18,20,24)/t10-,11+/m1/s1. The fraction of sp³-hybridized carbons (Fsp3) is 0.471. The molecule has 4 heterocycles. The second-order valence-electron chi connectivity index (χ2n) is 6.80. The van der Waals surface area contributed by atoms with Gasteiger partial charge in [-0.05, 0) is 19.8 Å². The predicted octanol–water partition coefficient (Wildman–Crippen LogP) is 1.04. The number of aryl methyl sites for hydroxylation is 1. The van der Waals surface area contributed by atoms with Crippen LogP contribution >= 0.6 is 11.3 Å². The maximum Gasteiger partial charge on any atom is 0.264 e. The van der Waals surface area contributed by atoms with Crippen LogP contribution < -0.4 is 5.56 Å². The number of nitrogens with one attached hydrogen (secondary N) is 1. The van der Waals surface area contributed by atoms with Crippen LogP contribution in [-0.2, 0) is 4.79 Å². The Labute approximate surface area is 153 Å². The summed E-state index contributed by atoms with van der Waals surface area (Å²) in [5.41, 5.74) is 0.120. The number of hydrogen-bond acceptors (Lipinski definition) is 6. The largest absolute Gasteiger partial charge is 0.344 e. The fourth-order valence-corrected chi connectivity index (χ4v) is 4.33. The molecule has 2 aliphatic heterocycles. The summed E-state index contributed by atoms with van der Waals surface area (Å²) in [7, 11) is 1.75. The lowest BCUT2D eigenvalue weighted by molar-refractivity contribution is -0.130. The summed E-state index contributed by atoms with van der Waals surface area (Å²) >= 11 is 1.46. The summed E-state index contributed by atoms with van der Waals surface area (Å²) in [5.74, 6) is 0.0382. The summed E-state index contributed by atoms with van der Waals surface area (Å²) in [6.45, 7) is 2.38. The predicted molar refractivity (Wildman–Crippen MR) is 95.9 cm³/mol. The number of carbonyl (C=O) groups excluding carboxylic acids is 2. The van der Waals surface area contributed by atoms with E-state index in [1.807, 2.05) is 12.3 Å². The number of likely N-dealkylation sites (N-methyl/N-ethyl adjacent to an activating group) is 1. The molecule has 0 saturated carbocycles. The third-order valence-electron chi connectivity index (χ3n) is 5.07. The highest BCUT2D eigenvalue weighted by atomic mass is 32.1. The van der Waals surface area contributed by atoms with E-state index < -0.39 is 5.56 Å². The highest BCUT2D eigenvalue weighted by Crippen LogP contribution is 2.31. The second-order valence-corrected chi connectivity index (χ2v) is 7.86. The van der Waals surface area contributed by atoms with E-state index in [2.05, 4.69) is 15.0 Å². The molecule has 2 aliphatic rings. The molecule has 4 rings (SSSR count). The molecule has 0 aromatic carbocycles. The van der Waals surface area contributed by atoms with Gasteiger partial charge in [0, 0.05) is 43.7 Å². The molecule has 9 heteroatoms. The second kappa shape index (κ2) is 6.31. The molecule has 2 bridgehead atoms. The summed E-state index contributed by atoms with van der Waals surface area (Å²) in [6, 6.07) is -0.200. The lowest BCUT2D eigenvalue weighted by Crippen LogP contribution is -2.44. The smallest absolute Gasteiger partial charge is 0.264 e. The summed E-state index contributed by atoms with van der Waals surface area (Å²) in [6.07, 6.45) is 3.26. The normalized spacial score (nSPS) is 22.6. The van der Waals surface area contributed by atoms with Gasteiger partial charge in [0.25, 0.3) is 11.5 Å². The maximum atomic E-state index is 13.0. The van der Waals surface area contributed by atoms with Crippen LogP contribution in [0.15, 0.2) is 16.4 Å². The van der Waals surface area contributed by atoms with Gasteiger partial charge >= 0.3 is 0 Å². The number of fused-ring (bicyclic) bond motifs is 2. The minimum Gasteiger partial charge on any atom is -0.344 e. The number of carbonyl (C=O) groups is 2. The van der Waals surface area contributed by atoms with Crippen molar-refractivity contribution < 1.29 is 9.59 Å². The van der Waals surface area contributed by atoms with Crippen molar-refractivity contribution in [2.24, 2.45) is 0 Å². The molecule has 0 aliphatic carbocycles. The van der Waals surface area contributed by atoms with Crippen LogP contribution in [0, 0.1) is 6.92 Å². The van der Waals surface area contributed by atoms with Crippen LogP contribution in [0.1, 0.15) is 34.6 Å². The molecule has 2 aromatic rings. The van der Waals surface area contributed by atoms with E-state index in [0.717, 1.165) is 17.8 Å². The van der Waals surface area contributed by atoms with Gasteiger partial charge in [-0.1, -0.05) is 0 Å². The van der Waals surface area contributed by atoms with Crippen LogP contribution in [0.3, 0.4) is 0 Å². The van der Waals surface area contributed by atoms with Gasteiger partial charge in [0.1, 0.15) is 11.3 Å². The monoisotopic (exact) mass is 373 g/mol. The molecule has 2 atom stereocenters. The molecule has 0 spiro atoms. The minimum absolute atomic E-state index is 0.00889. The molecule has 136 valence electrons. The van der Waals surface area contributed by atoms with Gasteiger partial charge in [0.2, 0.25) is 5.91 Å². The van der Waals surface area contributed by atoms with Crippen molar-refractivity contribution in [1.29, 1.82) is 0 Å². The summed E-state index contributed by atoms with van der Waals surface area (Å²) < 4.78 is 0. The Hall–Kier alpha value is -2.55. The average molecular weight is 373 g/mol. The molecular weight excluding hydrogens is 354 g/mol. The number of H-pyrrole nitrogens is 1. The number of aromatic nitrogens is 3. The van der Waals surface area contributed by atoms with Crippen LogP contribution in [0.5, 0.6) is 0 Å².